The highest BCUT2D eigenvalue weighted by molar-refractivity contribution is 7.99. The van der Waals surface area contributed by atoms with E-state index >= 15 is 0 Å². The van der Waals surface area contributed by atoms with Gasteiger partial charge in [-0.1, -0.05) is 42.5 Å². The zero-order chi connectivity index (χ0) is 29.6. The van der Waals surface area contributed by atoms with Crippen LogP contribution in [0.15, 0.2) is 65.6 Å². The Balaban J connectivity index is 1.49. The number of carbonyl (C=O) groups is 3. The van der Waals surface area contributed by atoms with Gasteiger partial charge in [0.05, 0.1) is 17.4 Å². The second-order valence-electron chi connectivity index (χ2n) is 9.71. The van der Waals surface area contributed by atoms with E-state index in [0.717, 1.165) is 28.5 Å². The third-order valence-corrected chi connectivity index (χ3v) is 7.77. The first-order valence-corrected chi connectivity index (χ1v) is 14.1. The van der Waals surface area contributed by atoms with Crippen LogP contribution in [0.1, 0.15) is 24.0 Å². The number of aliphatic hydroxyl groups is 1. The van der Waals surface area contributed by atoms with E-state index in [1.165, 1.54) is 22.7 Å². The maximum absolute atomic E-state index is 13.4. The first-order chi connectivity index (χ1) is 19.5. The van der Waals surface area contributed by atoms with Crippen molar-refractivity contribution in [3.05, 3.63) is 71.8 Å². The van der Waals surface area contributed by atoms with Crippen LogP contribution >= 0.6 is 11.8 Å². The minimum Gasteiger partial charge on any atom is -0.390 e. The predicted octanol–water partition coefficient (Wildman–Crippen LogP) is 3.24. The van der Waals surface area contributed by atoms with Gasteiger partial charge in [-0.3, -0.25) is 14.4 Å². The number of thioether (sulfide) groups is 1. The fourth-order valence-corrected chi connectivity index (χ4v) is 5.48. The van der Waals surface area contributed by atoms with E-state index in [1.807, 2.05) is 42.5 Å². The van der Waals surface area contributed by atoms with Gasteiger partial charge in [0.1, 0.15) is 6.04 Å². The van der Waals surface area contributed by atoms with Crippen molar-refractivity contribution >= 4 is 45.9 Å². The van der Waals surface area contributed by atoms with Crippen LogP contribution in [-0.2, 0) is 27.0 Å². The van der Waals surface area contributed by atoms with Gasteiger partial charge in [-0.2, -0.15) is 13.2 Å². The molecule has 0 fully saturated rings. The summed E-state index contributed by atoms with van der Waals surface area (Å²) in [7, 11) is 0. The third kappa shape index (κ3) is 7.99. The molecule has 1 heterocycles. The van der Waals surface area contributed by atoms with Gasteiger partial charge in [-0.25, -0.2) is 0 Å². The number of rotatable bonds is 10. The largest absolute Gasteiger partial charge is 0.416 e. The Hall–Kier alpha value is -3.61. The number of alkyl halides is 3. The Morgan fingerprint density at radius 3 is 2.56 bits per heavy atom. The maximum atomic E-state index is 13.4. The molecule has 2 atom stereocenters. The van der Waals surface area contributed by atoms with Crippen LogP contribution in [0.2, 0.25) is 0 Å². The number of anilines is 1. The molecule has 2 unspecified atom stereocenters. The Bertz CT molecular complexity index is 1420. The van der Waals surface area contributed by atoms with Crippen LogP contribution in [0.4, 0.5) is 18.9 Å². The van der Waals surface area contributed by atoms with Crippen LogP contribution < -0.4 is 21.3 Å². The minimum atomic E-state index is -4.58. The van der Waals surface area contributed by atoms with E-state index < -0.39 is 35.7 Å². The number of fused-ring (bicyclic) bond motifs is 2. The molecule has 4 rings (SSSR count). The lowest BCUT2D eigenvalue weighted by Gasteiger charge is -2.24. The molecular formula is C29H31F3N4O4S. The average Bonchev–Trinajstić information content (AvgIpc) is 3.10. The van der Waals surface area contributed by atoms with Gasteiger partial charge in [0.15, 0.2) is 0 Å². The van der Waals surface area contributed by atoms with Crippen LogP contribution in [0.5, 0.6) is 0 Å². The van der Waals surface area contributed by atoms with Crippen molar-refractivity contribution in [2.24, 2.45) is 5.73 Å². The van der Waals surface area contributed by atoms with Gasteiger partial charge < -0.3 is 26.4 Å². The smallest absolute Gasteiger partial charge is 0.390 e. The lowest BCUT2D eigenvalue weighted by molar-refractivity contribution is -0.137. The fourth-order valence-electron chi connectivity index (χ4n) is 4.50. The van der Waals surface area contributed by atoms with Crippen molar-refractivity contribution in [2.75, 3.05) is 30.3 Å². The molecule has 0 aliphatic carbocycles. The Labute approximate surface area is 239 Å². The van der Waals surface area contributed by atoms with Crippen molar-refractivity contribution in [1.82, 2.24) is 10.6 Å². The molecule has 5 N–H and O–H groups in total. The van der Waals surface area contributed by atoms with Crippen molar-refractivity contribution in [3.8, 4) is 0 Å². The summed E-state index contributed by atoms with van der Waals surface area (Å²) in [6, 6.07) is 15.6. The topological polar surface area (TPSA) is 125 Å². The second-order valence-corrected chi connectivity index (χ2v) is 10.9. The molecule has 12 heteroatoms. The zero-order valence-corrected chi connectivity index (χ0v) is 22.9. The van der Waals surface area contributed by atoms with Crippen molar-refractivity contribution < 1.29 is 32.7 Å². The van der Waals surface area contributed by atoms with E-state index in [9.17, 15) is 32.7 Å². The van der Waals surface area contributed by atoms with E-state index in [1.54, 1.807) is 0 Å². The van der Waals surface area contributed by atoms with E-state index in [2.05, 4.69) is 10.6 Å². The quantitative estimate of drug-likeness (QED) is 0.288. The van der Waals surface area contributed by atoms with E-state index in [4.69, 9.17) is 5.73 Å². The maximum Gasteiger partial charge on any atom is 0.416 e. The summed E-state index contributed by atoms with van der Waals surface area (Å²) in [4.78, 5) is 40.6. The highest BCUT2D eigenvalue weighted by atomic mass is 32.2. The molecule has 0 spiro atoms. The summed E-state index contributed by atoms with van der Waals surface area (Å²) < 4.78 is 40.1. The molecule has 41 heavy (non-hydrogen) atoms. The van der Waals surface area contributed by atoms with E-state index in [-0.39, 0.29) is 50.5 Å². The standard InChI is InChI=1S/C29H31F3N4O4S/c30-29(31,32)21-7-8-25-24(15-21)36(27(39)10-12-41-25)11-9-26(38)35-23(28(40)34-17-22(37)16-33)14-18-5-6-19-3-1-2-4-20(19)13-18/h1-8,13,15,22-23,37H,9-12,14,16-17,33H2,(H,34,40)(H,35,38). The Morgan fingerprint density at radius 1 is 1.07 bits per heavy atom. The monoisotopic (exact) mass is 588 g/mol. The number of aliphatic hydroxyl groups excluding tert-OH is 1. The molecule has 1 aliphatic heterocycles. The molecule has 1 aliphatic rings. The molecule has 3 aromatic carbocycles. The number of halogens is 3. The van der Waals surface area contributed by atoms with Crippen molar-refractivity contribution in [3.63, 3.8) is 0 Å². The Morgan fingerprint density at radius 2 is 1.83 bits per heavy atom. The number of hydrogen-bond acceptors (Lipinski definition) is 6. The van der Waals surface area contributed by atoms with Gasteiger partial charge in [0.25, 0.3) is 0 Å². The predicted molar refractivity (Wildman–Crippen MR) is 151 cm³/mol. The third-order valence-electron chi connectivity index (χ3n) is 6.70. The number of nitrogens with two attached hydrogens (primary N) is 1. The molecule has 0 saturated heterocycles. The summed E-state index contributed by atoms with van der Waals surface area (Å²) in [6.45, 7) is -0.310. The first kappa shape index (κ1) is 30.4. The molecule has 0 aromatic heterocycles. The SMILES string of the molecule is NCC(O)CNC(=O)C(Cc1ccc2ccccc2c1)NC(=O)CCN1C(=O)CCSc2ccc(C(F)(F)F)cc21. The fraction of sp³-hybridized carbons (Fsp3) is 0.345. The number of carbonyl (C=O) groups excluding carboxylic acids is 3. The highest BCUT2D eigenvalue weighted by Gasteiger charge is 2.33. The molecular weight excluding hydrogens is 557 g/mol. The summed E-state index contributed by atoms with van der Waals surface area (Å²) in [5, 5.41) is 17.0. The van der Waals surface area contributed by atoms with Crippen LogP contribution in [-0.4, -0.2) is 60.4 Å². The minimum absolute atomic E-state index is 0.0539. The molecule has 0 bridgehead atoms. The summed E-state index contributed by atoms with van der Waals surface area (Å²) in [5.74, 6) is -1.06. The van der Waals surface area contributed by atoms with Crippen molar-refractivity contribution in [2.45, 2.75) is 42.5 Å². The lowest BCUT2D eigenvalue weighted by Crippen LogP contribution is -2.50. The van der Waals surface area contributed by atoms with Gasteiger partial charge in [0.2, 0.25) is 17.7 Å². The number of hydrogen-bond donors (Lipinski definition) is 4. The molecule has 0 saturated carbocycles. The Kier molecular flexibility index (Phi) is 9.90. The summed E-state index contributed by atoms with van der Waals surface area (Å²) in [5.41, 5.74) is 5.44. The number of nitrogens with zero attached hydrogens (tertiary/aromatic N) is 1. The zero-order valence-electron chi connectivity index (χ0n) is 22.1. The van der Waals surface area contributed by atoms with E-state index in [0.29, 0.717) is 10.6 Å². The number of nitrogens with one attached hydrogen (secondary N) is 2. The number of amides is 3. The molecule has 3 aromatic rings. The first-order valence-electron chi connectivity index (χ1n) is 13.1. The second kappa shape index (κ2) is 13.4. The molecule has 3 amide bonds. The summed E-state index contributed by atoms with van der Waals surface area (Å²) in [6.07, 6.45) is -5.51. The normalized spacial score (nSPS) is 15.1. The van der Waals surface area contributed by atoms with Gasteiger partial charge in [-0.05, 0) is 34.5 Å². The van der Waals surface area contributed by atoms with Crippen molar-refractivity contribution in [1.29, 1.82) is 0 Å². The number of benzene rings is 3. The molecule has 0 radical (unpaired) electrons. The van der Waals surface area contributed by atoms with Crippen LogP contribution in [0.25, 0.3) is 10.8 Å². The molecule has 8 nitrogen and oxygen atoms in total. The lowest BCUT2D eigenvalue weighted by atomic mass is 10.0. The molecule has 218 valence electrons. The average molecular weight is 589 g/mol. The summed E-state index contributed by atoms with van der Waals surface area (Å²) >= 11 is 1.28. The van der Waals surface area contributed by atoms with Gasteiger partial charge in [-0.15, -0.1) is 11.8 Å². The van der Waals surface area contributed by atoms with Gasteiger partial charge in [0, 0.05) is 49.5 Å². The van der Waals surface area contributed by atoms with Gasteiger partial charge >= 0.3 is 6.18 Å². The van der Waals surface area contributed by atoms with Crippen LogP contribution in [0, 0.1) is 0 Å². The van der Waals surface area contributed by atoms with Crippen LogP contribution in [0.3, 0.4) is 0 Å². The highest BCUT2D eigenvalue weighted by Crippen LogP contribution is 2.39.